The summed E-state index contributed by atoms with van der Waals surface area (Å²) >= 11 is 1.78. The number of benzene rings is 1. The van der Waals surface area contributed by atoms with E-state index in [2.05, 4.69) is 33.4 Å². The second kappa shape index (κ2) is 5.84. The summed E-state index contributed by atoms with van der Waals surface area (Å²) in [6.45, 7) is 11.2. The van der Waals surface area contributed by atoms with E-state index < -0.39 is 0 Å². The van der Waals surface area contributed by atoms with E-state index in [-0.39, 0.29) is 5.41 Å². The van der Waals surface area contributed by atoms with E-state index in [1.165, 1.54) is 28.1 Å². The zero-order valence-electron chi connectivity index (χ0n) is 15.2. The SMILES string of the molecule is C=C(C)[C@@H]1CC=C2c3sc(-c4cccc(O)c4)nc3C[C@@H](C)[C@]2(C)C1. The summed E-state index contributed by atoms with van der Waals surface area (Å²) in [6.07, 6.45) is 5.75. The third-order valence-corrected chi connectivity index (χ3v) is 7.39. The highest BCUT2D eigenvalue weighted by atomic mass is 32.1. The molecule has 0 fully saturated rings. The van der Waals surface area contributed by atoms with Gasteiger partial charge in [0.25, 0.3) is 0 Å². The lowest BCUT2D eigenvalue weighted by atomic mass is 9.59. The minimum absolute atomic E-state index is 0.206. The van der Waals surface area contributed by atoms with Crippen molar-refractivity contribution < 1.29 is 5.11 Å². The van der Waals surface area contributed by atoms with E-state index in [0.717, 1.165) is 23.4 Å². The van der Waals surface area contributed by atoms with Gasteiger partial charge < -0.3 is 5.11 Å². The summed E-state index contributed by atoms with van der Waals surface area (Å²) in [5.41, 5.74) is 5.23. The van der Waals surface area contributed by atoms with Crippen molar-refractivity contribution in [2.24, 2.45) is 17.3 Å². The molecule has 0 saturated heterocycles. The van der Waals surface area contributed by atoms with E-state index in [1.807, 2.05) is 12.1 Å². The highest BCUT2D eigenvalue weighted by Crippen LogP contribution is 2.57. The molecule has 1 heterocycles. The minimum Gasteiger partial charge on any atom is -0.508 e. The zero-order chi connectivity index (χ0) is 17.8. The van der Waals surface area contributed by atoms with Crippen LogP contribution in [0.4, 0.5) is 0 Å². The Morgan fingerprint density at radius 3 is 2.92 bits per heavy atom. The molecule has 0 spiro atoms. The molecule has 2 aliphatic carbocycles. The van der Waals surface area contributed by atoms with Crippen molar-refractivity contribution >= 4 is 16.9 Å². The number of fused-ring (bicyclic) bond motifs is 3. The van der Waals surface area contributed by atoms with E-state index in [9.17, 15) is 5.11 Å². The topological polar surface area (TPSA) is 33.1 Å². The van der Waals surface area contributed by atoms with E-state index in [1.54, 1.807) is 23.5 Å². The molecule has 0 aliphatic heterocycles. The third-order valence-electron chi connectivity index (χ3n) is 6.21. The first-order chi connectivity index (χ1) is 11.9. The van der Waals surface area contributed by atoms with Crippen LogP contribution in [-0.2, 0) is 6.42 Å². The molecule has 1 N–H and O–H groups in total. The van der Waals surface area contributed by atoms with Crippen LogP contribution in [0.2, 0.25) is 0 Å². The first-order valence-corrected chi connectivity index (χ1v) is 9.85. The molecule has 25 heavy (non-hydrogen) atoms. The van der Waals surface area contributed by atoms with Crippen LogP contribution in [0.5, 0.6) is 5.75 Å². The molecule has 0 amide bonds. The van der Waals surface area contributed by atoms with Gasteiger partial charge in [0.05, 0.1) is 10.6 Å². The predicted molar refractivity (Wildman–Crippen MR) is 106 cm³/mol. The standard InChI is InChI=1S/C22H25NOS/c1-13(2)16-8-9-18-20-19(10-14(3)22(18,4)12-16)23-21(25-20)15-6-5-7-17(24)11-15/h5-7,9,11,14,16,24H,1,8,10,12H2,2-4H3/t14-,16-,22+/m1/s1. The number of allylic oxidation sites excluding steroid dienone is 3. The van der Waals surface area contributed by atoms with Crippen molar-refractivity contribution in [3.8, 4) is 16.3 Å². The van der Waals surface area contributed by atoms with Gasteiger partial charge in [0.15, 0.2) is 0 Å². The fourth-order valence-electron chi connectivity index (χ4n) is 4.37. The molecule has 0 radical (unpaired) electrons. The van der Waals surface area contributed by atoms with Crippen LogP contribution in [0.15, 0.2) is 42.5 Å². The minimum atomic E-state index is 0.206. The van der Waals surface area contributed by atoms with Gasteiger partial charge in [0.1, 0.15) is 10.8 Å². The van der Waals surface area contributed by atoms with Crippen LogP contribution in [0.1, 0.15) is 44.2 Å². The fourth-order valence-corrected chi connectivity index (χ4v) is 5.64. The number of aromatic hydroxyl groups is 1. The Labute approximate surface area is 153 Å². The predicted octanol–water partition coefficient (Wildman–Crippen LogP) is 6.08. The smallest absolute Gasteiger partial charge is 0.124 e. The maximum absolute atomic E-state index is 9.79. The van der Waals surface area contributed by atoms with Crippen LogP contribution in [0.3, 0.4) is 0 Å². The average Bonchev–Trinajstić information content (AvgIpc) is 2.98. The summed E-state index contributed by atoms with van der Waals surface area (Å²) < 4.78 is 0. The molecular formula is C22H25NOS. The molecule has 3 heteroatoms. The second-order valence-electron chi connectivity index (χ2n) is 7.97. The Bertz CT molecular complexity index is 878. The van der Waals surface area contributed by atoms with E-state index in [0.29, 0.717) is 17.6 Å². The van der Waals surface area contributed by atoms with Crippen molar-refractivity contribution in [2.75, 3.05) is 0 Å². The number of hydrogen-bond acceptors (Lipinski definition) is 3. The van der Waals surface area contributed by atoms with Gasteiger partial charge in [-0.15, -0.1) is 11.3 Å². The van der Waals surface area contributed by atoms with Gasteiger partial charge in [-0.05, 0) is 61.1 Å². The number of nitrogens with zero attached hydrogens (tertiary/aromatic N) is 1. The lowest BCUT2D eigenvalue weighted by Gasteiger charge is -2.46. The van der Waals surface area contributed by atoms with Crippen LogP contribution in [-0.4, -0.2) is 10.1 Å². The first kappa shape index (κ1) is 16.6. The molecule has 2 aliphatic rings. The summed E-state index contributed by atoms with van der Waals surface area (Å²) in [6, 6.07) is 7.42. The average molecular weight is 352 g/mol. The van der Waals surface area contributed by atoms with Crippen LogP contribution in [0.25, 0.3) is 16.1 Å². The van der Waals surface area contributed by atoms with Gasteiger partial charge in [0.2, 0.25) is 0 Å². The van der Waals surface area contributed by atoms with Gasteiger partial charge in [0, 0.05) is 5.56 Å². The number of hydrogen-bond donors (Lipinski definition) is 1. The van der Waals surface area contributed by atoms with E-state index in [4.69, 9.17) is 4.98 Å². The number of phenols is 1. The van der Waals surface area contributed by atoms with Crippen molar-refractivity contribution in [3.63, 3.8) is 0 Å². The number of rotatable bonds is 2. The molecular weight excluding hydrogens is 326 g/mol. The second-order valence-corrected chi connectivity index (χ2v) is 8.97. The highest BCUT2D eigenvalue weighted by molar-refractivity contribution is 7.16. The Hall–Kier alpha value is -1.87. The molecule has 1 aromatic carbocycles. The van der Waals surface area contributed by atoms with Crippen molar-refractivity contribution in [2.45, 2.75) is 40.0 Å². The molecule has 4 rings (SSSR count). The van der Waals surface area contributed by atoms with Gasteiger partial charge in [-0.25, -0.2) is 4.98 Å². The monoisotopic (exact) mass is 351 g/mol. The normalized spacial score (nSPS) is 28.0. The molecule has 0 unspecified atom stereocenters. The third kappa shape index (κ3) is 2.65. The fraction of sp³-hybridized carbons (Fsp3) is 0.409. The van der Waals surface area contributed by atoms with Crippen LogP contribution < -0.4 is 0 Å². The molecule has 0 bridgehead atoms. The van der Waals surface area contributed by atoms with Crippen molar-refractivity contribution in [1.29, 1.82) is 0 Å². The first-order valence-electron chi connectivity index (χ1n) is 9.04. The lowest BCUT2D eigenvalue weighted by molar-refractivity contribution is 0.217. The molecule has 2 aromatic rings. The summed E-state index contributed by atoms with van der Waals surface area (Å²) in [5.74, 6) is 1.47. The van der Waals surface area contributed by atoms with Crippen LogP contribution >= 0.6 is 11.3 Å². The lowest BCUT2D eigenvalue weighted by Crippen LogP contribution is -2.36. The van der Waals surface area contributed by atoms with Crippen molar-refractivity contribution in [3.05, 3.63) is 53.1 Å². The van der Waals surface area contributed by atoms with Gasteiger partial charge in [-0.3, -0.25) is 0 Å². The van der Waals surface area contributed by atoms with Crippen molar-refractivity contribution in [1.82, 2.24) is 4.98 Å². The molecule has 0 saturated carbocycles. The van der Waals surface area contributed by atoms with Gasteiger partial charge in [-0.1, -0.05) is 44.2 Å². The number of thiazole rings is 1. The maximum atomic E-state index is 9.79. The molecule has 3 atom stereocenters. The van der Waals surface area contributed by atoms with Gasteiger partial charge >= 0.3 is 0 Å². The Kier molecular flexibility index (Phi) is 3.88. The summed E-state index contributed by atoms with van der Waals surface area (Å²) in [5, 5.41) is 10.8. The maximum Gasteiger partial charge on any atom is 0.124 e. The molecule has 2 nitrogen and oxygen atoms in total. The van der Waals surface area contributed by atoms with Gasteiger partial charge in [-0.2, -0.15) is 0 Å². The largest absolute Gasteiger partial charge is 0.508 e. The molecule has 1 aromatic heterocycles. The summed E-state index contributed by atoms with van der Waals surface area (Å²) in [4.78, 5) is 6.30. The highest BCUT2D eigenvalue weighted by Gasteiger charge is 2.45. The summed E-state index contributed by atoms with van der Waals surface area (Å²) in [7, 11) is 0. The number of phenolic OH excluding ortho intramolecular Hbond substituents is 1. The quantitative estimate of drug-likeness (QED) is 0.665. The molecule has 130 valence electrons. The number of aromatic nitrogens is 1. The Balaban J connectivity index is 1.79. The van der Waals surface area contributed by atoms with Crippen LogP contribution in [0, 0.1) is 17.3 Å². The van der Waals surface area contributed by atoms with E-state index >= 15 is 0 Å². The Morgan fingerprint density at radius 2 is 2.20 bits per heavy atom. The zero-order valence-corrected chi connectivity index (χ0v) is 16.0. The Morgan fingerprint density at radius 1 is 1.40 bits per heavy atom.